The molecule has 0 bridgehead atoms. The summed E-state index contributed by atoms with van der Waals surface area (Å²) < 4.78 is 14.2. The van der Waals surface area contributed by atoms with Crippen LogP contribution in [0.2, 0.25) is 0 Å². The highest BCUT2D eigenvalue weighted by Gasteiger charge is 2.30. The molecular weight excluding hydrogens is 302 g/mol. The largest absolute Gasteiger partial charge is 0.352 e. The van der Waals surface area contributed by atoms with Crippen LogP contribution >= 0.6 is 0 Å². The molecule has 0 spiro atoms. The van der Waals surface area contributed by atoms with Gasteiger partial charge in [0.1, 0.15) is 5.25 Å². The molecule has 2 atom stereocenters. The molecule has 1 heterocycles. The van der Waals surface area contributed by atoms with Crippen molar-refractivity contribution in [3.8, 4) is 0 Å². The molecule has 2 saturated carbocycles. The number of hydrogen-bond donors (Lipinski definition) is 1. The van der Waals surface area contributed by atoms with Crippen molar-refractivity contribution in [2.24, 2.45) is 0 Å². The summed E-state index contributed by atoms with van der Waals surface area (Å²) in [6.45, 7) is 1.72. The summed E-state index contributed by atoms with van der Waals surface area (Å²) in [6.07, 6.45) is 7.79. The van der Waals surface area contributed by atoms with Crippen molar-refractivity contribution in [3.63, 3.8) is 0 Å². The van der Waals surface area contributed by atoms with E-state index in [0.717, 1.165) is 25.7 Å². The van der Waals surface area contributed by atoms with Gasteiger partial charge in [0.2, 0.25) is 5.91 Å². The lowest BCUT2D eigenvalue weighted by atomic mass is 9.95. The third-order valence-corrected chi connectivity index (χ3v) is 5.99. The average molecular weight is 325 g/mol. The maximum absolute atomic E-state index is 12.4. The standard InChI is InChI=1S/C14H23N5O2S/c1-10(14(20)15-11-5-3-2-4-6-11)22(21)9-13-16-17-18-19(13)12-7-8-12/h10-12H,2-9H2,1H3,(H,15,20)/t10-,22+/m1/s1. The van der Waals surface area contributed by atoms with E-state index in [1.165, 1.54) is 19.3 Å². The molecule has 1 aromatic rings. The molecule has 1 amide bonds. The SMILES string of the molecule is C[C@H](C(=O)NC1CCCCC1)[S@@](=O)Cc1nnnn1C1CC1. The Hall–Kier alpha value is -1.31. The molecule has 7 nitrogen and oxygen atoms in total. The molecule has 1 aromatic heterocycles. The van der Waals surface area contributed by atoms with Crippen LogP contribution in [0.25, 0.3) is 0 Å². The van der Waals surface area contributed by atoms with Crippen LogP contribution in [0.5, 0.6) is 0 Å². The average Bonchev–Trinajstić information content (AvgIpc) is 3.27. The minimum atomic E-state index is -1.30. The predicted molar refractivity (Wildman–Crippen MR) is 82.4 cm³/mol. The molecule has 2 aliphatic carbocycles. The summed E-state index contributed by atoms with van der Waals surface area (Å²) in [5, 5.41) is 14.1. The highest BCUT2D eigenvalue weighted by Crippen LogP contribution is 2.34. The van der Waals surface area contributed by atoms with Crippen LogP contribution in [-0.2, 0) is 21.3 Å². The first-order valence-electron chi connectivity index (χ1n) is 8.09. The van der Waals surface area contributed by atoms with Crippen LogP contribution in [0.15, 0.2) is 0 Å². The number of amides is 1. The summed E-state index contributed by atoms with van der Waals surface area (Å²) >= 11 is 0. The fourth-order valence-corrected chi connectivity index (χ4v) is 3.85. The van der Waals surface area contributed by atoms with Gasteiger partial charge in [-0.1, -0.05) is 19.3 Å². The second-order valence-corrected chi connectivity index (χ2v) is 8.04. The van der Waals surface area contributed by atoms with E-state index >= 15 is 0 Å². The molecule has 0 unspecified atom stereocenters. The highest BCUT2D eigenvalue weighted by molar-refractivity contribution is 7.85. The fourth-order valence-electron chi connectivity index (χ4n) is 2.85. The van der Waals surface area contributed by atoms with E-state index in [1.54, 1.807) is 11.6 Å². The van der Waals surface area contributed by atoms with Gasteiger partial charge in [-0.05, 0) is 43.0 Å². The molecule has 0 saturated heterocycles. The molecule has 0 aromatic carbocycles. The lowest BCUT2D eigenvalue weighted by Gasteiger charge is -2.24. The Balaban J connectivity index is 1.54. The highest BCUT2D eigenvalue weighted by atomic mass is 32.2. The van der Waals surface area contributed by atoms with Gasteiger partial charge in [0.05, 0.1) is 11.8 Å². The van der Waals surface area contributed by atoms with Gasteiger partial charge in [0.15, 0.2) is 5.82 Å². The smallest absolute Gasteiger partial charge is 0.235 e. The second-order valence-electron chi connectivity index (χ2n) is 6.28. The van der Waals surface area contributed by atoms with E-state index in [1.807, 2.05) is 0 Å². The van der Waals surface area contributed by atoms with Gasteiger partial charge in [-0.25, -0.2) is 4.68 Å². The van der Waals surface area contributed by atoms with Gasteiger partial charge < -0.3 is 5.32 Å². The van der Waals surface area contributed by atoms with Crippen LogP contribution in [0.1, 0.15) is 63.7 Å². The molecule has 2 aliphatic rings. The summed E-state index contributed by atoms with van der Waals surface area (Å²) in [4.78, 5) is 12.2. The lowest BCUT2D eigenvalue weighted by Crippen LogP contribution is -2.43. The maximum atomic E-state index is 12.4. The molecule has 8 heteroatoms. The van der Waals surface area contributed by atoms with Crippen LogP contribution in [0, 0.1) is 0 Å². The Kier molecular flexibility index (Phi) is 4.85. The van der Waals surface area contributed by atoms with Crippen molar-refractivity contribution in [2.45, 2.75) is 75.0 Å². The molecule has 22 heavy (non-hydrogen) atoms. The molecule has 0 aliphatic heterocycles. The Morgan fingerprint density at radius 1 is 1.32 bits per heavy atom. The van der Waals surface area contributed by atoms with E-state index in [9.17, 15) is 9.00 Å². The predicted octanol–water partition coefficient (Wildman–Crippen LogP) is 1.09. The van der Waals surface area contributed by atoms with Gasteiger partial charge in [-0.2, -0.15) is 0 Å². The van der Waals surface area contributed by atoms with Crippen molar-refractivity contribution in [1.29, 1.82) is 0 Å². The van der Waals surface area contributed by atoms with Crippen LogP contribution in [0.4, 0.5) is 0 Å². The molecule has 1 N–H and O–H groups in total. The number of aromatic nitrogens is 4. The van der Waals surface area contributed by atoms with Gasteiger partial charge >= 0.3 is 0 Å². The fraction of sp³-hybridized carbons (Fsp3) is 0.857. The van der Waals surface area contributed by atoms with Gasteiger partial charge in [0.25, 0.3) is 0 Å². The zero-order chi connectivity index (χ0) is 15.5. The maximum Gasteiger partial charge on any atom is 0.235 e. The molecule has 0 radical (unpaired) electrons. The van der Waals surface area contributed by atoms with Crippen LogP contribution in [-0.4, -0.2) is 41.6 Å². The van der Waals surface area contributed by atoms with Gasteiger partial charge in [0, 0.05) is 16.8 Å². The van der Waals surface area contributed by atoms with E-state index in [0.29, 0.717) is 11.9 Å². The summed E-state index contributed by atoms with van der Waals surface area (Å²) in [5.41, 5.74) is 0. The third kappa shape index (κ3) is 3.71. The van der Waals surface area contributed by atoms with E-state index in [-0.39, 0.29) is 17.7 Å². The van der Waals surface area contributed by atoms with Crippen LogP contribution in [0.3, 0.4) is 0 Å². The van der Waals surface area contributed by atoms with Crippen LogP contribution < -0.4 is 5.32 Å². The van der Waals surface area contributed by atoms with Crippen molar-refractivity contribution < 1.29 is 9.00 Å². The lowest BCUT2D eigenvalue weighted by molar-refractivity contribution is -0.121. The minimum Gasteiger partial charge on any atom is -0.352 e. The number of hydrogen-bond acceptors (Lipinski definition) is 5. The number of rotatable bonds is 6. The molecule has 2 fully saturated rings. The molecule has 122 valence electrons. The number of carbonyl (C=O) groups is 1. The summed E-state index contributed by atoms with van der Waals surface area (Å²) in [7, 11) is -1.30. The Morgan fingerprint density at radius 3 is 2.73 bits per heavy atom. The normalized spacial score (nSPS) is 22.2. The van der Waals surface area contributed by atoms with Gasteiger partial charge in [-0.3, -0.25) is 9.00 Å². The molecular formula is C14H23N5O2S. The van der Waals surface area contributed by atoms with E-state index in [2.05, 4.69) is 20.8 Å². The summed E-state index contributed by atoms with van der Waals surface area (Å²) in [5.74, 6) is 0.747. The topological polar surface area (TPSA) is 89.8 Å². The van der Waals surface area contributed by atoms with E-state index in [4.69, 9.17) is 0 Å². The quantitative estimate of drug-likeness (QED) is 0.846. The molecule has 3 rings (SSSR count). The van der Waals surface area contributed by atoms with Gasteiger partial charge in [-0.15, -0.1) is 5.10 Å². The first kappa shape index (κ1) is 15.6. The van der Waals surface area contributed by atoms with Crippen molar-refractivity contribution in [1.82, 2.24) is 25.5 Å². The van der Waals surface area contributed by atoms with E-state index < -0.39 is 16.0 Å². The van der Waals surface area contributed by atoms with Crippen molar-refractivity contribution >= 4 is 16.7 Å². The monoisotopic (exact) mass is 325 g/mol. The Labute approximate surface area is 132 Å². The number of carbonyl (C=O) groups excluding carboxylic acids is 1. The number of tetrazole rings is 1. The zero-order valence-corrected chi connectivity index (χ0v) is 13.7. The van der Waals surface area contributed by atoms with Crippen molar-refractivity contribution in [3.05, 3.63) is 5.82 Å². The number of nitrogens with one attached hydrogen (secondary N) is 1. The summed E-state index contributed by atoms with van der Waals surface area (Å²) in [6, 6.07) is 0.603. The zero-order valence-electron chi connectivity index (χ0n) is 12.9. The third-order valence-electron chi connectivity index (χ3n) is 4.44. The Bertz CT molecular complexity index is 551. The Morgan fingerprint density at radius 2 is 2.05 bits per heavy atom. The first-order valence-corrected chi connectivity index (χ1v) is 9.47. The minimum absolute atomic E-state index is 0.115. The second kappa shape index (κ2) is 6.85. The van der Waals surface area contributed by atoms with Crippen molar-refractivity contribution in [2.75, 3.05) is 0 Å². The first-order chi connectivity index (χ1) is 10.6. The number of nitrogens with zero attached hydrogens (tertiary/aromatic N) is 4.